The first-order valence-electron chi connectivity index (χ1n) is 7.84. The molecule has 5 rings (SSSR count). The number of para-hydroxylation sites is 1. The number of aromatic hydroxyl groups is 1. The fourth-order valence-corrected chi connectivity index (χ4v) is 4.64. The number of benzene rings is 2. The largest absolute Gasteiger partial charge is 0.506 e. The maximum atomic E-state index is 10.6. The lowest BCUT2D eigenvalue weighted by atomic mass is 10.0. The van der Waals surface area contributed by atoms with Gasteiger partial charge < -0.3 is 19.5 Å². The van der Waals surface area contributed by atoms with Gasteiger partial charge >= 0.3 is 0 Å². The number of rotatable bonds is 1. The minimum Gasteiger partial charge on any atom is -0.506 e. The number of hydrogen-bond donors (Lipinski definition) is 1. The van der Waals surface area contributed by atoms with E-state index in [1.165, 1.54) is 4.90 Å². The Morgan fingerprint density at radius 1 is 1.00 bits per heavy atom. The minimum atomic E-state index is 0.140. The van der Waals surface area contributed by atoms with Crippen LogP contribution in [0.3, 0.4) is 0 Å². The summed E-state index contributed by atoms with van der Waals surface area (Å²) in [4.78, 5) is 3.39. The Bertz CT molecular complexity index is 877. The summed E-state index contributed by atoms with van der Waals surface area (Å²) in [5.74, 6) is 1.46. The van der Waals surface area contributed by atoms with Gasteiger partial charge in [-0.1, -0.05) is 36.4 Å². The standard InChI is InChI=1S/C19H15NO3S/c21-15-10-17-16(22-11-23-17)9-14(15)20-12-5-1-3-7-18(12)24-19-8-4-2-6-13(19)20/h1-10,12,18,21H,11H2. The van der Waals surface area contributed by atoms with Crippen molar-refractivity contribution < 1.29 is 14.6 Å². The van der Waals surface area contributed by atoms with Gasteiger partial charge in [-0.05, 0) is 12.1 Å². The smallest absolute Gasteiger partial charge is 0.231 e. The zero-order valence-corrected chi connectivity index (χ0v) is 13.6. The van der Waals surface area contributed by atoms with Crippen LogP contribution in [0.25, 0.3) is 0 Å². The summed E-state index contributed by atoms with van der Waals surface area (Å²) >= 11 is 1.85. The zero-order valence-electron chi connectivity index (χ0n) is 12.8. The van der Waals surface area contributed by atoms with Crippen LogP contribution in [0.1, 0.15) is 0 Å². The SMILES string of the molecule is Oc1cc2c(cc1N1c3ccccc3SC3C=CC=CC31)OCO2. The van der Waals surface area contributed by atoms with Gasteiger partial charge in [0.25, 0.3) is 0 Å². The van der Waals surface area contributed by atoms with Crippen LogP contribution in [0.15, 0.2) is 65.6 Å². The molecule has 1 aliphatic carbocycles. The van der Waals surface area contributed by atoms with E-state index in [-0.39, 0.29) is 18.6 Å². The van der Waals surface area contributed by atoms with Crippen LogP contribution in [0.2, 0.25) is 0 Å². The van der Waals surface area contributed by atoms with Gasteiger partial charge in [-0.3, -0.25) is 0 Å². The Hall–Kier alpha value is -2.53. The Morgan fingerprint density at radius 3 is 2.71 bits per heavy atom. The fourth-order valence-electron chi connectivity index (χ4n) is 3.38. The second-order valence-corrected chi connectivity index (χ2v) is 7.09. The monoisotopic (exact) mass is 337 g/mol. The number of ether oxygens (including phenoxy) is 2. The topological polar surface area (TPSA) is 41.9 Å². The highest BCUT2D eigenvalue weighted by molar-refractivity contribution is 8.00. The molecule has 0 radical (unpaired) electrons. The van der Waals surface area contributed by atoms with E-state index in [1.54, 1.807) is 6.07 Å². The van der Waals surface area contributed by atoms with Crippen molar-refractivity contribution >= 4 is 23.1 Å². The third kappa shape index (κ3) is 2.01. The average molecular weight is 337 g/mol. The number of allylic oxidation sites excluding steroid dienone is 2. The molecule has 0 bridgehead atoms. The van der Waals surface area contributed by atoms with Crippen molar-refractivity contribution in [3.63, 3.8) is 0 Å². The number of phenolic OH excluding ortho intramolecular Hbond substituents is 1. The quantitative estimate of drug-likeness (QED) is 0.843. The lowest BCUT2D eigenvalue weighted by Gasteiger charge is -2.42. The minimum absolute atomic E-state index is 0.140. The number of hydrogen-bond acceptors (Lipinski definition) is 5. The summed E-state index contributed by atoms with van der Waals surface area (Å²) < 4.78 is 10.9. The lowest BCUT2D eigenvalue weighted by Crippen LogP contribution is -2.41. The van der Waals surface area contributed by atoms with E-state index in [1.807, 2.05) is 30.0 Å². The molecule has 1 N–H and O–H groups in total. The normalized spacial score (nSPS) is 23.1. The van der Waals surface area contributed by atoms with Gasteiger partial charge in [-0.15, -0.1) is 11.8 Å². The van der Waals surface area contributed by atoms with E-state index >= 15 is 0 Å². The maximum Gasteiger partial charge on any atom is 0.231 e. The summed E-state index contributed by atoms with van der Waals surface area (Å²) in [6.07, 6.45) is 8.53. The molecule has 0 aromatic heterocycles. The molecule has 0 spiro atoms. The first kappa shape index (κ1) is 13.9. The molecule has 0 saturated heterocycles. The Labute approximate surface area is 144 Å². The predicted molar refractivity (Wildman–Crippen MR) is 94.5 cm³/mol. The van der Waals surface area contributed by atoms with E-state index in [9.17, 15) is 5.11 Å². The van der Waals surface area contributed by atoms with E-state index in [0.29, 0.717) is 16.7 Å². The molecule has 4 nitrogen and oxygen atoms in total. The molecule has 0 fully saturated rings. The summed E-state index contributed by atoms with van der Waals surface area (Å²) in [5.41, 5.74) is 1.83. The second-order valence-electron chi connectivity index (χ2n) is 5.87. The van der Waals surface area contributed by atoms with Gasteiger partial charge in [-0.2, -0.15) is 0 Å². The summed E-state index contributed by atoms with van der Waals surface area (Å²) in [6.45, 7) is 0.194. The van der Waals surface area contributed by atoms with Gasteiger partial charge in [0, 0.05) is 17.0 Å². The number of anilines is 2. The molecule has 5 heteroatoms. The van der Waals surface area contributed by atoms with Gasteiger partial charge in [0.15, 0.2) is 11.5 Å². The van der Waals surface area contributed by atoms with Crippen molar-refractivity contribution in [2.24, 2.45) is 0 Å². The Kier molecular flexibility index (Phi) is 3.03. The molecule has 2 unspecified atom stereocenters. The number of nitrogens with zero attached hydrogens (tertiary/aromatic N) is 1. The molecule has 0 amide bonds. The molecular formula is C19H15NO3S. The van der Waals surface area contributed by atoms with Crippen molar-refractivity contribution in [3.05, 3.63) is 60.7 Å². The maximum absolute atomic E-state index is 10.6. The predicted octanol–water partition coefficient (Wildman–Crippen LogP) is 4.23. The van der Waals surface area contributed by atoms with E-state index in [2.05, 4.69) is 41.3 Å². The van der Waals surface area contributed by atoms with Crippen LogP contribution in [-0.4, -0.2) is 23.2 Å². The molecule has 2 atom stereocenters. The highest BCUT2D eigenvalue weighted by atomic mass is 32.2. The molecule has 3 aliphatic rings. The van der Waals surface area contributed by atoms with Crippen LogP contribution in [-0.2, 0) is 0 Å². The van der Waals surface area contributed by atoms with Crippen LogP contribution < -0.4 is 14.4 Å². The van der Waals surface area contributed by atoms with Crippen molar-refractivity contribution in [2.75, 3.05) is 11.7 Å². The van der Waals surface area contributed by atoms with Gasteiger partial charge in [-0.25, -0.2) is 0 Å². The van der Waals surface area contributed by atoms with Gasteiger partial charge in [0.05, 0.1) is 22.7 Å². The molecule has 120 valence electrons. The number of phenols is 1. The zero-order chi connectivity index (χ0) is 16.1. The molecular weight excluding hydrogens is 322 g/mol. The summed E-state index contributed by atoms with van der Waals surface area (Å²) in [5, 5.41) is 10.9. The van der Waals surface area contributed by atoms with Crippen molar-refractivity contribution in [3.8, 4) is 17.2 Å². The van der Waals surface area contributed by atoms with E-state index in [4.69, 9.17) is 9.47 Å². The first-order chi connectivity index (χ1) is 11.8. The molecule has 2 aliphatic heterocycles. The van der Waals surface area contributed by atoms with Crippen LogP contribution >= 0.6 is 11.8 Å². The average Bonchev–Trinajstić information content (AvgIpc) is 3.06. The highest BCUT2D eigenvalue weighted by Crippen LogP contribution is 2.51. The Morgan fingerprint density at radius 2 is 1.79 bits per heavy atom. The Balaban J connectivity index is 1.71. The number of fused-ring (bicyclic) bond motifs is 3. The van der Waals surface area contributed by atoms with Crippen LogP contribution in [0.5, 0.6) is 17.2 Å². The van der Waals surface area contributed by atoms with Crippen molar-refractivity contribution in [1.82, 2.24) is 0 Å². The molecule has 2 aromatic rings. The van der Waals surface area contributed by atoms with Crippen LogP contribution in [0, 0.1) is 0 Å². The molecule has 0 saturated carbocycles. The third-order valence-corrected chi connectivity index (χ3v) is 5.78. The second kappa shape index (κ2) is 5.24. The first-order valence-corrected chi connectivity index (χ1v) is 8.72. The van der Waals surface area contributed by atoms with Crippen molar-refractivity contribution in [2.45, 2.75) is 16.2 Å². The van der Waals surface area contributed by atoms with Crippen molar-refractivity contribution in [1.29, 1.82) is 0 Å². The van der Waals surface area contributed by atoms with E-state index in [0.717, 1.165) is 11.4 Å². The van der Waals surface area contributed by atoms with Crippen LogP contribution in [0.4, 0.5) is 11.4 Å². The fraction of sp³-hybridized carbons (Fsp3) is 0.158. The number of thioether (sulfide) groups is 1. The summed E-state index contributed by atoms with van der Waals surface area (Å²) in [6, 6.07) is 11.9. The molecule has 2 heterocycles. The molecule has 2 aromatic carbocycles. The van der Waals surface area contributed by atoms with Gasteiger partial charge in [0.1, 0.15) is 5.75 Å². The molecule has 24 heavy (non-hydrogen) atoms. The third-order valence-electron chi connectivity index (χ3n) is 4.47. The van der Waals surface area contributed by atoms with Gasteiger partial charge in [0.2, 0.25) is 6.79 Å². The highest BCUT2D eigenvalue weighted by Gasteiger charge is 2.35. The van der Waals surface area contributed by atoms with E-state index < -0.39 is 0 Å². The summed E-state index contributed by atoms with van der Waals surface area (Å²) in [7, 11) is 0. The lowest BCUT2D eigenvalue weighted by molar-refractivity contribution is 0.174.